The number of benzene rings is 1. The molecule has 0 aliphatic carbocycles. The van der Waals surface area contributed by atoms with Crippen LogP contribution < -0.4 is 10.9 Å². The summed E-state index contributed by atoms with van der Waals surface area (Å²) in [5.41, 5.74) is 2.18. The number of hydrogen-bond donors (Lipinski definition) is 2. The second-order valence-electron chi connectivity index (χ2n) is 6.98. The number of aromatic nitrogens is 1. The van der Waals surface area contributed by atoms with Crippen molar-refractivity contribution in [2.45, 2.75) is 44.8 Å². The van der Waals surface area contributed by atoms with E-state index in [1.807, 2.05) is 24.3 Å². The number of hydrogen-bond acceptors (Lipinski definition) is 4. The summed E-state index contributed by atoms with van der Waals surface area (Å²) < 4.78 is 11.1. The largest absolute Gasteiger partial charge is 0.381 e. The van der Waals surface area contributed by atoms with Gasteiger partial charge in [0.25, 0.3) is 5.56 Å². The molecule has 1 aliphatic rings. The van der Waals surface area contributed by atoms with Crippen LogP contribution in [-0.4, -0.2) is 36.8 Å². The van der Waals surface area contributed by atoms with Crippen LogP contribution in [-0.2, 0) is 20.8 Å². The Morgan fingerprint density at radius 3 is 2.81 bits per heavy atom. The minimum atomic E-state index is -0.234. The van der Waals surface area contributed by atoms with Gasteiger partial charge in [-0.3, -0.25) is 9.59 Å². The van der Waals surface area contributed by atoms with Crippen molar-refractivity contribution >= 4 is 16.8 Å². The molecule has 1 saturated heterocycles. The summed E-state index contributed by atoms with van der Waals surface area (Å²) in [6.07, 6.45) is 2.81. The number of nitrogens with one attached hydrogen (secondary N) is 2. The summed E-state index contributed by atoms with van der Waals surface area (Å²) in [6, 6.07) is 7.66. The van der Waals surface area contributed by atoms with E-state index in [-0.39, 0.29) is 17.1 Å². The molecule has 2 heterocycles. The first-order valence-electron chi connectivity index (χ1n) is 9.03. The number of ether oxygens (including phenoxy) is 2. The zero-order valence-corrected chi connectivity index (χ0v) is 15.4. The third kappa shape index (κ3) is 4.31. The maximum absolute atomic E-state index is 12.2. The van der Waals surface area contributed by atoms with E-state index in [9.17, 15) is 9.59 Å². The topological polar surface area (TPSA) is 80.4 Å². The van der Waals surface area contributed by atoms with Crippen molar-refractivity contribution in [3.8, 4) is 0 Å². The molecule has 0 spiro atoms. The first kappa shape index (κ1) is 18.6. The number of rotatable bonds is 6. The van der Waals surface area contributed by atoms with E-state index in [0.717, 1.165) is 29.3 Å². The lowest BCUT2D eigenvalue weighted by molar-refractivity contribution is -0.126. The smallest absolute Gasteiger partial charge is 0.251 e. The van der Waals surface area contributed by atoms with E-state index in [0.29, 0.717) is 38.2 Å². The van der Waals surface area contributed by atoms with Crippen molar-refractivity contribution in [3.05, 3.63) is 45.7 Å². The number of carbonyl (C=O) groups is 1. The molecule has 1 fully saturated rings. The van der Waals surface area contributed by atoms with E-state index >= 15 is 0 Å². The lowest BCUT2D eigenvalue weighted by Crippen LogP contribution is -2.39. The molecule has 6 heteroatoms. The monoisotopic (exact) mass is 358 g/mol. The van der Waals surface area contributed by atoms with Crippen molar-refractivity contribution < 1.29 is 14.3 Å². The number of H-pyrrole nitrogens is 1. The van der Waals surface area contributed by atoms with Crippen LogP contribution in [0.2, 0.25) is 0 Å². The van der Waals surface area contributed by atoms with Gasteiger partial charge in [0, 0.05) is 44.4 Å². The van der Waals surface area contributed by atoms with Crippen LogP contribution in [0.4, 0.5) is 0 Å². The van der Waals surface area contributed by atoms with E-state index in [1.54, 1.807) is 14.0 Å². The van der Waals surface area contributed by atoms with Crippen LogP contribution in [0.3, 0.4) is 0 Å². The van der Waals surface area contributed by atoms with E-state index in [2.05, 4.69) is 10.3 Å². The molecule has 2 N–H and O–H groups in total. The maximum atomic E-state index is 12.2. The minimum absolute atomic E-state index is 0.0191. The fourth-order valence-corrected chi connectivity index (χ4v) is 3.41. The van der Waals surface area contributed by atoms with E-state index in [4.69, 9.17) is 9.47 Å². The Bertz CT molecular complexity index is 837. The molecule has 6 nitrogen and oxygen atoms in total. The SMILES string of the molecule is COC1(CCC(=O)NCc2ccc3[nH]c(=O)c(C)cc3c2)CCOCC1. The summed E-state index contributed by atoms with van der Waals surface area (Å²) in [5.74, 6) is 0.0191. The van der Waals surface area contributed by atoms with Crippen LogP contribution >= 0.6 is 0 Å². The van der Waals surface area contributed by atoms with Crippen LogP contribution in [0, 0.1) is 6.92 Å². The summed E-state index contributed by atoms with van der Waals surface area (Å²) in [5, 5.41) is 3.94. The molecule has 1 amide bonds. The predicted octanol–water partition coefficient (Wildman–Crippen LogP) is 2.43. The van der Waals surface area contributed by atoms with Crippen molar-refractivity contribution in [1.82, 2.24) is 10.3 Å². The molecular formula is C20H26N2O4. The van der Waals surface area contributed by atoms with Gasteiger partial charge in [-0.15, -0.1) is 0 Å². The van der Waals surface area contributed by atoms with Crippen LogP contribution in [0.25, 0.3) is 10.9 Å². The van der Waals surface area contributed by atoms with Crippen molar-refractivity contribution in [2.24, 2.45) is 0 Å². The van der Waals surface area contributed by atoms with Gasteiger partial charge >= 0.3 is 0 Å². The maximum Gasteiger partial charge on any atom is 0.251 e. The third-order valence-corrected chi connectivity index (χ3v) is 5.23. The molecular weight excluding hydrogens is 332 g/mol. The molecule has 1 aromatic carbocycles. The summed E-state index contributed by atoms with van der Waals surface area (Å²) in [4.78, 5) is 26.7. The lowest BCUT2D eigenvalue weighted by atomic mass is 9.89. The Balaban J connectivity index is 1.56. The highest BCUT2D eigenvalue weighted by atomic mass is 16.5. The molecule has 0 atom stereocenters. The molecule has 0 saturated carbocycles. The molecule has 26 heavy (non-hydrogen) atoms. The van der Waals surface area contributed by atoms with Gasteiger partial charge in [-0.05, 0) is 55.3 Å². The fourth-order valence-electron chi connectivity index (χ4n) is 3.41. The van der Waals surface area contributed by atoms with Crippen LogP contribution in [0.5, 0.6) is 0 Å². The summed E-state index contributed by atoms with van der Waals surface area (Å²) >= 11 is 0. The molecule has 0 radical (unpaired) electrons. The molecule has 0 unspecified atom stereocenters. The number of methoxy groups -OCH3 is 1. The average Bonchev–Trinajstić information content (AvgIpc) is 2.66. The van der Waals surface area contributed by atoms with Crippen LogP contribution in [0.15, 0.2) is 29.1 Å². The second kappa shape index (κ2) is 8.01. The standard InChI is InChI=1S/C20H26N2O4/c1-14-11-16-12-15(3-4-17(16)22-19(14)24)13-21-18(23)5-6-20(25-2)7-9-26-10-8-20/h3-4,11-12H,5-10,13H2,1-2H3,(H,21,23)(H,22,24). The number of carbonyl (C=O) groups excluding carboxylic acids is 1. The van der Waals surface area contributed by atoms with Gasteiger partial charge in [0.05, 0.1) is 5.60 Å². The number of aromatic amines is 1. The van der Waals surface area contributed by atoms with Crippen molar-refractivity contribution in [2.75, 3.05) is 20.3 Å². The first-order chi connectivity index (χ1) is 12.5. The Kier molecular flexibility index (Phi) is 5.74. The number of aryl methyl sites for hydroxylation is 1. The lowest BCUT2D eigenvalue weighted by Gasteiger charge is -2.35. The second-order valence-corrected chi connectivity index (χ2v) is 6.98. The number of fused-ring (bicyclic) bond motifs is 1. The van der Waals surface area contributed by atoms with Crippen molar-refractivity contribution in [1.29, 1.82) is 0 Å². The third-order valence-electron chi connectivity index (χ3n) is 5.23. The van der Waals surface area contributed by atoms with Gasteiger partial charge in [-0.2, -0.15) is 0 Å². The highest BCUT2D eigenvalue weighted by Gasteiger charge is 2.32. The predicted molar refractivity (Wildman–Crippen MR) is 100 cm³/mol. The Morgan fingerprint density at radius 1 is 1.31 bits per heavy atom. The molecule has 3 rings (SSSR count). The number of pyridine rings is 1. The summed E-state index contributed by atoms with van der Waals surface area (Å²) in [7, 11) is 1.71. The normalized spacial score (nSPS) is 16.5. The molecule has 140 valence electrons. The highest BCUT2D eigenvalue weighted by molar-refractivity contribution is 5.80. The molecule has 0 bridgehead atoms. The first-order valence-corrected chi connectivity index (χ1v) is 9.03. The number of amides is 1. The van der Waals surface area contributed by atoms with Gasteiger partial charge in [-0.1, -0.05) is 6.07 Å². The van der Waals surface area contributed by atoms with Gasteiger partial charge < -0.3 is 19.8 Å². The average molecular weight is 358 g/mol. The summed E-state index contributed by atoms with van der Waals surface area (Å²) in [6.45, 7) is 3.63. The van der Waals surface area contributed by atoms with E-state index in [1.165, 1.54) is 0 Å². The van der Waals surface area contributed by atoms with Crippen molar-refractivity contribution in [3.63, 3.8) is 0 Å². The van der Waals surface area contributed by atoms with E-state index < -0.39 is 0 Å². The Labute approximate surface area is 152 Å². The highest BCUT2D eigenvalue weighted by Crippen LogP contribution is 2.29. The molecule has 1 aromatic heterocycles. The quantitative estimate of drug-likeness (QED) is 0.831. The molecule has 2 aromatic rings. The minimum Gasteiger partial charge on any atom is -0.381 e. The molecule has 1 aliphatic heterocycles. The Morgan fingerprint density at radius 2 is 2.08 bits per heavy atom. The van der Waals surface area contributed by atoms with Gasteiger partial charge in [0.2, 0.25) is 5.91 Å². The van der Waals surface area contributed by atoms with Gasteiger partial charge in [0.15, 0.2) is 0 Å². The van der Waals surface area contributed by atoms with Gasteiger partial charge in [0.1, 0.15) is 0 Å². The zero-order valence-electron chi connectivity index (χ0n) is 15.4. The fraction of sp³-hybridized carbons (Fsp3) is 0.500. The van der Waals surface area contributed by atoms with Gasteiger partial charge in [-0.25, -0.2) is 0 Å². The van der Waals surface area contributed by atoms with Crippen LogP contribution in [0.1, 0.15) is 36.8 Å². The Hall–Kier alpha value is -2.18. The zero-order chi connectivity index (χ0) is 18.6.